The van der Waals surface area contributed by atoms with E-state index in [0.29, 0.717) is 17.4 Å². The van der Waals surface area contributed by atoms with E-state index in [-0.39, 0.29) is 12.5 Å². The van der Waals surface area contributed by atoms with Crippen molar-refractivity contribution in [3.63, 3.8) is 0 Å². The maximum Gasteiger partial charge on any atom is 0.258 e. The van der Waals surface area contributed by atoms with Crippen LogP contribution in [0.1, 0.15) is 0 Å². The van der Waals surface area contributed by atoms with Crippen LogP contribution in [0.2, 0.25) is 0 Å². The van der Waals surface area contributed by atoms with Crippen molar-refractivity contribution in [1.82, 2.24) is 19.7 Å². The first-order chi connectivity index (χ1) is 12.8. The fraction of sp³-hybridized carbons (Fsp3) is 0.0526. The van der Waals surface area contributed by atoms with Crippen LogP contribution in [0.4, 0.5) is 5.69 Å². The Morgan fingerprint density at radius 3 is 2.54 bits per heavy atom. The summed E-state index contributed by atoms with van der Waals surface area (Å²) in [6.07, 6.45) is 3.28. The monoisotopic (exact) mass is 345 g/mol. The molecule has 0 aliphatic carbocycles. The van der Waals surface area contributed by atoms with Gasteiger partial charge >= 0.3 is 0 Å². The van der Waals surface area contributed by atoms with Crippen LogP contribution in [0.15, 0.2) is 77.7 Å². The van der Waals surface area contributed by atoms with E-state index < -0.39 is 0 Å². The van der Waals surface area contributed by atoms with E-state index in [4.69, 9.17) is 4.52 Å². The number of imidazole rings is 1. The molecular weight excluding hydrogens is 330 g/mol. The van der Waals surface area contributed by atoms with Crippen molar-refractivity contribution >= 4 is 11.6 Å². The Labute approximate surface area is 149 Å². The summed E-state index contributed by atoms with van der Waals surface area (Å²) < 4.78 is 6.96. The molecule has 0 spiro atoms. The topological polar surface area (TPSA) is 85.8 Å². The van der Waals surface area contributed by atoms with Crippen molar-refractivity contribution in [2.24, 2.45) is 0 Å². The molecular formula is C19H15N5O2. The molecule has 0 atom stereocenters. The van der Waals surface area contributed by atoms with E-state index >= 15 is 0 Å². The van der Waals surface area contributed by atoms with Crippen LogP contribution in [0.3, 0.4) is 0 Å². The highest BCUT2D eigenvalue weighted by Gasteiger charge is 2.13. The Morgan fingerprint density at radius 1 is 1.04 bits per heavy atom. The zero-order chi connectivity index (χ0) is 17.8. The van der Waals surface area contributed by atoms with Crippen molar-refractivity contribution in [1.29, 1.82) is 0 Å². The number of benzene rings is 2. The minimum Gasteiger partial charge on any atom is -0.334 e. The van der Waals surface area contributed by atoms with Gasteiger partial charge in [-0.2, -0.15) is 4.98 Å². The molecule has 2 aromatic heterocycles. The molecule has 1 N–H and O–H groups in total. The second kappa shape index (κ2) is 7.02. The lowest BCUT2D eigenvalue weighted by Gasteiger charge is -2.04. The van der Waals surface area contributed by atoms with Crippen molar-refractivity contribution < 1.29 is 9.32 Å². The van der Waals surface area contributed by atoms with Gasteiger partial charge in [0.15, 0.2) is 0 Å². The molecule has 0 saturated heterocycles. The van der Waals surface area contributed by atoms with E-state index in [2.05, 4.69) is 20.4 Å². The summed E-state index contributed by atoms with van der Waals surface area (Å²) in [6.45, 7) is 0.144. The van der Waals surface area contributed by atoms with Gasteiger partial charge in [0, 0.05) is 17.4 Å². The van der Waals surface area contributed by atoms with E-state index in [9.17, 15) is 4.79 Å². The minimum atomic E-state index is -0.141. The predicted molar refractivity (Wildman–Crippen MR) is 96.0 cm³/mol. The zero-order valence-corrected chi connectivity index (χ0v) is 13.7. The summed E-state index contributed by atoms with van der Waals surface area (Å²) in [5.74, 6) is 0.668. The largest absolute Gasteiger partial charge is 0.334 e. The number of nitrogens with one attached hydrogen (secondary N) is 1. The number of hydrogen-bond donors (Lipinski definition) is 1. The number of aromatic nitrogens is 4. The van der Waals surface area contributed by atoms with Crippen molar-refractivity contribution in [2.45, 2.75) is 6.54 Å². The fourth-order valence-corrected chi connectivity index (χ4v) is 2.48. The lowest BCUT2D eigenvalue weighted by molar-refractivity contribution is -0.116. The van der Waals surface area contributed by atoms with Crippen LogP contribution in [-0.2, 0) is 11.3 Å². The number of para-hydroxylation sites is 1. The predicted octanol–water partition coefficient (Wildman–Crippen LogP) is 3.24. The number of amides is 1. The van der Waals surface area contributed by atoms with Crippen LogP contribution >= 0.6 is 0 Å². The van der Waals surface area contributed by atoms with Crippen molar-refractivity contribution in [3.05, 3.63) is 73.2 Å². The Morgan fingerprint density at radius 2 is 1.77 bits per heavy atom. The van der Waals surface area contributed by atoms with Gasteiger partial charge in [-0.3, -0.25) is 4.79 Å². The van der Waals surface area contributed by atoms with Crippen LogP contribution < -0.4 is 5.32 Å². The SMILES string of the molecule is O=C(Cn1cnc(-c2noc(-c3ccccc3)n2)c1)Nc1ccccc1. The highest BCUT2D eigenvalue weighted by Crippen LogP contribution is 2.20. The van der Waals surface area contributed by atoms with Gasteiger partial charge in [-0.15, -0.1) is 0 Å². The van der Waals surface area contributed by atoms with Gasteiger partial charge in [0.1, 0.15) is 12.2 Å². The first-order valence-electron chi connectivity index (χ1n) is 8.04. The molecule has 7 nitrogen and oxygen atoms in total. The number of carbonyl (C=O) groups excluding carboxylic acids is 1. The first-order valence-corrected chi connectivity index (χ1v) is 8.04. The number of rotatable bonds is 5. The molecule has 26 heavy (non-hydrogen) atoms. The molecule has 2 aromatic carbocycles. The van der Waals surface area contributed by atoms with Gasteiger partial charge in [-0.05, 0) is 24.3 Å². The molecule has 0 aliphatic rings. The molecule has 1 amide bonds. The van der Waals surface area contributed by atoms with Crippen LogP contribution in [-0.4, -0.2) is 25.6 Å². The van der Waals surface area contributed by atoms with E-state index in [0.717, 1.165) is 11.3 Å². The number of carbonyl (C=O) groups is 1. The quantitative estimate of drug-likeness (QED) is 0.600. The zero-order valence-electron chi connectivity index (χ0n) is 13.7. The average Bonchev–Trinajstić information content (AvgIpc) is 3.32. The van der Waals surface area contributed by atoms with E-state index in [1.807, 2.05) is 60.7 Å². The summed E-state index contributed by atoms with van der Waals surface area (Å²) in [5, 5.41) is 6.79. The second-order valence-electron chi connectivity index (χ2n) is 5.63. The molecule has 0 bridgehead atoms. The highest BCUT2D eigenvalue weighted by atomic mass is 16.5. The van der Waals surface area contributed by atoms with Gasteiger partial charge in [0.05, 0.1) is 6.33 Å². The number of anilines is 1. The third-order valence-corrected chi connectivity index (χ3v) is 3.69. The van der Waals surface area contributed by atoms with Crippen LogP contribution in [0, 0.1) is 0 Å². The third-order valence-electron chi connectivity index (χ3n) is 3.69. The van der Waals surface area contributed by atoms with Gasteiger partial charge < -0.3 is 14.4 Å². The second-order valence-corrected chi connectivity index (χ2v) is 5.63. The summed E-state index contributed by atoms with van der Waals surface area (Å²) in [7, 11) is 0. The molecule has 2 heterocycles. The van der Waals surface area contributed by atoms with Gasteiger partial charge in [0.2, 0.25) is 11.7 Å². The first kappa shape index (κ1) is 15.8. The average molecular weight is 345 g/mol. The van der Waals surface area contributed by atoms with Gasteiger partial charge in [-0.1, -0.05) is 41.6 Å². The number of hydrogen-bond acceptors (Lipinski definition) is 5. The number of nitrogens with zero attached hydrogens (tertiary/aromatic N) is 4. The Hall–Kier alpha value is -3.74. The standard InChI is InChI=1S/C19H15N5O2/c25-17(21-15-9-5-2-6-10-15)12-24-11-16(20-13-24)18-22-19(26-23-18)14-7-3-1-4-8-14/h1-11,13H,12H2,(H,21,25). The summed E-state index contributed by atoms with van der Waals surface area (Å²) in [4.78, 5) is 20.7. The Kier molecular flexibility index (Phi) is 4.26. The van der Waals surface area contributed by atoms with Gasteiger partial charge in [0.25, 0.3) is 5.89 Å². The third kappa shape index (κ3) is 3.51. The maximum absolute atomic E-state index is 12.1. The summed E-state index contributed by atoms with van der Waals surface area (Å²) in [5.41, 5.74) is 2.14. The maximum atomic E-state index is 12.1. The Bertz CT molecular complexity index is 1010. The summed E-state index contributed by atoms with van der Waals surface area (Å²) >= 11 is 0. The van der Waals surface area contributed by atoms with Crippen molar-refractivity contribution in [2.75, 3.05) is 5.32 Å². The van der Waals surface area contributed by atoms with Crippen molar-refractivity contribution in [3.8, 4) is 23.0 Å². The normalized spacial score (nSPS) is 10.6. The highest BCUT2D eigenvalue weighted by molar-refractivity contribution is 5.90. The molecule has 4 rings (SSSR count). The Balaban J connectivity index is 1.45. The lowest BCUT2D eigenvalue weighted by atomic mass is 10.2. The molecule has 0 fully saturated rings. The van der Waals surface area contributed by atoms with Crippen LogP contribution in [0.25, 0.3) is 23.0 Å². The van der Waals surface area contributed by atoms with Gasteiger partial charge in [-0.25, -0.2) is 4.98 Å². The molecule has 0 aliphatic heterocycles. The van der Waals surface area contributed by atoms with Crippen LogP contribution in [0.5, 0.6) is 0 Å². The lowest BCUT2D eigenvalue weighted by Crippen LogP contribution is -2.17. The molecule has 7 heteroatoms. The van der Waals surface area contributed by atoms with E-state index in [1.165, 1.54) is 0 Å². The van der Waals surface area contributed by atoms with E-state index in [1.54, 1.807) is 17.1 Å². The molecule has 4 aromatic rings. The molecule has 0 saturated carbocycles. The smallest absolute Gasteiger partial charge is 0.258 e. The minimum absolute atomic E-state index is 0.141. The fourth-order valence-electron chi connectivity index (χ4n) is 2.48. The molecule has 128 valence electrons. The molecule has 0 radical (unpaired) electrons. The molecule has 0 unspecified atom stereocenters. The summed E-state index contributed by atoms with van der Waals surface area (Å²) in [6, 6.07) is 18.8.